The van der Waals surface area contributed by atoms with Crippen LogP contribution in [0.15, 0.2) is 42.6 Å². The van der Waals surface area contributed by atoms with Gasteiger partial charge in [-0.2, -0.15) is 0 Å². The van der Waals surface area contributed by atoms with Crippen molar-refractivity contribution in [3.05, 3.63) is 53.4 Å². The molecular weight excluding hydrogens is 284 g/mol. The third-order valence-electron chi connectivity index (χ3n) is 3.91. The van der Waals surface area contributed by atoms with Crippen molar-refractivity contribution < 1.29 is 0 Å². The molecule has 1 N–H and O–H groups in total. The molecular formula is C16H15ClN4. The number of pyridine rings is 1. The molecule has 1 atom stereocenters. The monoisotopic (exact) mass is 298 g/mol. The van der Waals surface area contributed by atoms with E-state index in [4.69, 9.17) is 16.6 Å². The molecule has 5 heteroatoms. The van der Waals surface area contributed by atoms with E-state index < -0.39 is 0 Å². The first kappa shape index (κ1) is 12.8. The van der Waals surface area contributed by atoms with Crippen LogP contribution in [-0.4, -0.2) is 21.1 Å². The van der Waals surface area contributed by atoms with Gasteiger partial charge in [-0.15, -0.1) is 0 Å². The van der Waals surface area contributed by atoms with Crippen LogP contribution in [0, 0.1) is 0 Å². The number of imidazole rings is 1. The van der Waals surface area contributed by atoms with E-state index in [0.717, 1.165) is 35.6 Å². The second-order valence-electron chi connectivity index (χ2n) is 5.25. The molecule has 1 aliphatic heterocycles. The molecule has 0 amide bonds. The second kappa shape index (κ2) is 5.13. The summed E-state index contributed by atoms with van der Waals surface area (Å²) < 4.78 is 2.08. The standard InChI is InChI=1S/C16H15ClN4/c17-11-5-1-2-8-14(11)21-15-13(7-4-10-19-15)20-16(21)12-6-3-9-18-12/h1-2,4-5,7-8,10,12,18H,3,6,9H2. The number of hydrogen-bond acceptors (Lipinski definition) is 3. The molecule has 0 spiro atoms. The molecule has 1 fully saturated rings. The van der Waals surface area contributed by atoms with Crippen molar-refractivity contribution in [2.75, 3.05) is 6.54 Å². The van der Waals surface area contributed by atoms with Gasteiger partial charge in [-0.3, -0.25) is 4.57 Å². The van der Waals surface area contributed by atoms with Gasteiger partial charge in [0.1, 0.15) is 11.3 Å². The van der Waals surface area contributed by atoms with Crippen LogP contribution in [0.3, 0.4) is 0 Å². The Hall–Kier alpha value is -1.91. The van der Waals surface area contributed by atoms with E-state index in [0.29, 0.717) is 5.02 Å². The van der Waals surface area contributed by atoms with Crippen molar-refractivity contribution >= 4 is 22.8 Å². The van der Waals surface area contributed by atoms with E-state index in [-0.39, 0.29) is 6.04 Å². The first-order chi connectivity index (χ1) is 10.3. The first-order valence-electron chi connectivity index (χ1n) is 7.16. The summed E-state index contributed by atoms with van der Waals surface area (Å²) in [5.74, 6) is 0.995. The summed E-state index contributed by atoms with van der Waals surface area (Å²) >= 11 is 6.40. The molecule has 2 aromatic heterocycles. The molecule has 0 bridgehead atoms. The number of para-hydroxylation sites is 1. The predicted octanol–water partition coefficient (Wildman–Crippen LogP) is 3.50. The first-order valence-corrected chi connectivity index (χ1v) is 7.54. The van der Waals surface area contributed by atoms with Crippen LogP contribution in [0.5, 0.6) is 0 Å². The van der Waals surface area contributed by atoms with E-state index in [1.54, 1.807) is 6.20 Å². The van der Waals surface area contributed by atoms with Gasteiger partial charge < -0.3 is 5.32 Å². The highest BCUT2D eigenvalue weighted by Crippen LogP contribution is 2.31. The number of hydrogen-bond donors (Lipinski definition) is 1. The van der Waals surface area contributed by atoms with E-state index >= 15 is 0 Å². The van der Waals surface area contributed by atoms with Crippen LogP contribution in [0.4, 0.5) is 0 Å². The molecule has 3 heterocycles. The van der Waals surface area contributed by atoms with Crippen LogP contribution in [0.1, 0.15) is 24.7 Å². The van der Waals surface area contributed by atoms with Gasteiger partial charge in [0.25, 0.3) is 0 Å². The lowest BCUT2D eigenvalue weighted by Gasteiger charge is -2.14. The van der Waals surface area contributed by atoms with Crippen molar-refractivity contribution in [1.29, 1.82) is 0 Å². The molecule has 4 nitrogen and oxygen atoms in total. The Bertz CT molecular complexity index is 790. The molecule has 1 unspecified atom stereocenters. The minimum atomic E-state index is 0.260. The van der Waals surface area contributed by atoms with Crippen LogP contribution >= 0.6 is 11.6 Å². The third kappa shape index (κ3) is 2.11. The number of aromatic nitrogens is 3. The van der Waals surface area contributed by atoms with Crippen molar-refractivity contribution in [3.8, 4) is 5.69 Å². The Balaban J connectivity index is 2.00. The quantitative estimate of drug-likeness (QED) is 0.787. The molecule has 106 valence electrons. The van der Waals surface area contributed by atoms with Crippen molar-refractivity contribution in [3.63, 3.8) is 0 Å². The highest BCUT2D eigenvalue weighted by molar-refractivity contribution is 6.32. The summed E-state index contributed by atoms with van der Waals surface area (Å²) in [6, 6.07) is 12.0. The van der Waals surface area contributed by atoms with Gasteiger partial charge in [-0.25, -0.2) is 9.97 Å². The summed E-state index contributed by atoms with van der Waals surface area (Å²) in [4.78, 5) is 9.30. The SMILES string of the molecule is Clc1ccccc1-n1c(C2CCCN2)nc2cccnc21. The minimum absolute atomic E-state index is 0.260. The molecule has 21 heavy (non-hydrogen) atoms. The molecule has 0 radical (unpaired) electrons. The highest BCUT2D eigenvalue weighted by atomic mass is 35.5. The summed E-state index contributed by atoms with van der Waals surface area (Å²) in [6.45, 7) is 1.03. The largest absolute Gasteiger partial charge is 0.307 e. The van der Waals surface area contributed by atoms with E-state index in [2.05, 4.69) is 14.9 Å². The lowest BCUT2D eigenvalue weighted by molar-refractivity contribution is 0.598. The van der Waals surface area contributed by atoms with E-state index in [1.165, 1.54) is 6.42 Å². The topological polar surface area (TPSA) is 42.7 Å². The highest BCUT2D eigenvalue weighted by Gasteiger charge is 2.25. The van der Waals surface area contributed by atoms with Crippen molar-refractivity contribution in [1.82, 2.24) is 19.9 Å². The molecule has 4 rings (SSSR count). The summed E-state index contributed by atoms with van der Waals surface area (Å²) in [5.41, 5.74) is 2.69. The van der Waals surface area contributed by atoms with Crippen LogP contribution in [0.2, 0.25) is 5.02 Å². The van der Waals surface area contributed by atoms with Gasteiger partial charge in [0.05, 0.1) is 16.8 Å². The van der Waals surface area contributed by atoms with Gasteiger partial charge in [-0.05, 0) is 43.7 Å². The number of nitrogens with zero attached hydrogens (tertiary/aromatic N) is 3. The fourth-order valence-electron chi connectivity index (χ4n) is 2.94. The van der Waals surface area contributed by atoms with Crippen LogP contribution < -0.4 is 5.32 Å². The zero-order valence-electron chi connectivity index (χ0n) is 11.5. The Morgan fingerprint density at radius 2 is 2.10 bits per heavy atom. The minimum Gasteiger partial charge on any atom is -0.307 e. The van der Waals surface area contributed by atoms with Gasteiger partial charge in [0.2, 0.25) is 0 Å². The zero-order valence-corrected chi connectivity index (χ0v) is 12.2. The number of nitrogens with one attached hydrogen (secondary N) is 1. The van der Waals surface area contributed by atoms with Gasteiger partial charge in [0, 0.05) is 6.20 Å². The Morgan fingerprint density at radius 3 is 2.90 bits per heavy atom. The fraction of sp³-hybridized carbons (Fsp3) is 0.250. The van der Waals surface area contributed by atoms with E-state index in [9.17, 15) is 0 Å². The summed E-state index contributed by atoms with van der Waals surface area (Å²) in [7, 11) is 0. The van der Waals surface area contributed by atoms with Crippen LogP contribution in [-0.2, 0) is 0 Å². The van der Waals surface area contributed by atoms with Gasteiger partial charge >= 0.3 is 0 Å². The number of fused-ring (bicyclic) bond motifs is 1. The Morgan fingerprint density at radius 1 is 1.19 bits per heavy atom. The third-order valence-corrected chi connectivity index (χ3v) is 4.23. The zero-order chi connectivity index (χ0) is 14.2. The second-order valence-corrected chi connectivity index (χ2v) is 5.66. The fourth-order valence-corrected chi connectivity index (χ4v) is 3.16. The maximum absolute atomic E-state index is 6.40. The van der Waals surface area contributed by atoms with E-state index in [1.807, 2.05) is 36.4 Å². The average molecular weight is 299 g/mol. The normalized spacial score (nSPS) is 18.4. The molecule has 0 saturated carbocycles. The predicted molar refractivity (Wildman–Crippen MR) is 83.9 cm³/mol. The van der Waals surface area contributed by atoms with Gasteiger partial charge in [0.15, 0.2) is 5.65 Å². The van der Waals surface area contributed by atoms with Crippen molar-refractivity contribution in [2.45, 2.75) is 18.9 Å². The number of halogens is 1. The molecule has 3 aromatic rings. The number of rotatable bonds is 2. The summed E-state index contributed by atoms with van der Waals surface area (Å²) in [6.07, 6.45) is 4.06. The maximum atomic E-state index is 6.40. The van der Waals surface area contributed by atoms with Gasteiger partial charge in [-0.1, -0.05) is 23.7 Å². The smallest absolute Gasteiger partial charge is 0.164 e. The average Bonchev–Trinajstić information content (AvgIpc) is 3.15. The van der Waals surface area contributed by atoms with Crippen molar-refractivity contribution in [2.24, 2.45) is 0 Å². The molecule has 1 aliphatic rings. The Kier molecular flexibility index (Phi) is 3.13. The summed E-state index contributed by atoms with van der Waals surface area (Å²) in [5, 5.41) is 4.22. The maximum Gasteiger partial charge on any atom is 0.164 e. The lowest BCUT2D eigenvalue weighted by atomic mass is 10.2. The molecule has 1 saturated heterocycles. The molecule has 1 aromatic carbocycles. The Labute approximate surface area is 127 Å². The molecule has 0 aliphatic carbocycles. The van der Waals surface area contributed by atoms with Crippen LogP contribution in [0.25, 0.3) is 16.9 Å². The lowest BCUT2D eigenvalue weighted by Crippen LogP contribution is -2.17. The number of benzene rings is 1.